The summed E-state index contributed by atoms with van der Waals surface area (Å²) in [6.45, 7) is 12.4. The second kappa shape index (κ2) is 7.89. The topological polar surface area (TPSA) is 57.9 Å². The molecule has 7 nitrogen and oxygen atoms in total. The Morgan fingerprint density at radius 1 is 0.909 bits per heavy atom. The van der Waals surface area contributed by atoms with Crippen molar-refractivity contribution >= 4 is 6.01 Å². The van der Waals surface area contributed by atoms with Crippen molar-refractivity contribution < 1.29 is 9.15 Å². The van der Waals surface area contributed by atoms with Gasteiger partial charge >= 0.3 is 6.01 Å². The first-order chi connectivity index (χ1) is 10.8. The largest absolute Gasteiger partial charge is 0.408 e. The standard InChI is InChI=1S/C15H27N5O2/c1-2-3-14-16-17-15(22-14)20-8-6-18(7-9-20)4-5-19-10-12-21-13-11-19/h2-13H2,1H3. The predicted molar refractivity (Wildman–Crippen MR) is 84.2 cm³/mol. The highest BCUT2D eigenvalue weighted by atomic mass is 16.5. The monoisotopic (exact) mass is 309 g/mol. The summed E-state index contributed by atoms with van der Waals surface area (Å²) in [4.78, 5) is 7.22. The normalized spacial score (nSPS) is 21.4. The molecule has 22 heavy (non-hydrogen) atoms. The number of hydrogen-bond donors (Lipinski definition) is 0. The molecule has 124 valence electrons. The maximum Gasteiger partial charge on any atom is 0.318 e. The average Bonchev–Trinajstić information content (AvgIpc) is 3.03. The minimum absolute atomic E-state index is 0.691. The highest BCUT2D eigenvalue weighted by molar-refractivity contribution is 5.25. The Bertz CT molecular complexity index is 439. The summed E-state index contributed by atoms with van der Waals surface area (Å²) in [5, 5.41) is 8.28. The van der Waals surface area contributed by atoms with Gasteiger partial charge in [0.2, 0.25) is 5.89 Å². The summed E-state index contributed by atoms with van der Waals surface area (Å²) < 4.78 is 11.1. The van der Waals surface area contributed by atoms with Gasteiger partial charge in [-0.3, -0.25) is 9.80 Å². The van der Waals surface area contributed by atoms with E-state index in [1.54, 1.807) is 0 Å². The van der Waals surface area contributed by atoms with Crippen LogP contribution in [-0.2, 0) is 11.2 Å². The zero-order chi connectivity index (χ0) is 15.2. The molecule has 0 atom stereocenters. The molecule has 1 aromatic rings. The third-order valence-corrected chi connectivity index (χ3v) is 4.40. The van der Waals surface area contributed by atoms with E-state index in [0.29, 0.717) is 6.01 Å². The van der Waals surface area contributed by atoms with E-state index in [2.05, 4.69) is 31.8 Å². The number of aromatic nitrogens is 2. The quantitative estimate of drug-likeness (QED) is 0.757. The Hall–Kier alpha value is -1.18. The number of ether oxygens (including phenoxy) is 1. The van der Waals surface area contributed by atoms with Crippen LogP contribution in [0.5, 0.6) is 0 Å². The molecule has 2 fully saturated rings. The molecule has 2 saturated heterocycles. The zero-order valence-electron chi connectivity index (χ0n) is 13.5. The van der Waals surface area contributed by atoms with Gasteiger partial charge in [0, 0.05) is 58.8 Å². The molecule has 1 aromatic heterocycles. The van der Waals surface area contributed by atoms with Crippen molar-refractivity contribution in [3.63, 3.8) is 0 Å². The minimum Gasteiger partial charge on any atom is -0.408 e. The van der Waals surface area contributed by atoms with E-state index in [0.717, 1.165) is 84.3 Å². The third-order valence-electron chi connectivity index (χ3n) is 4.40. The first-order valence-corrected chi connectivity index (χ1v) is 8.45. The molecule has 0 unspecified atom stereocenters. The molecule has 3 rings (SSSR count). The van der Waals surface area contributed by atoms with Gasteiger partial charge in [-0.15, -0.1) is 5.10 Å². The maximum absolute atomic E-state index is 5.72. The smallest absolute Gasteiger partial charge is 0.318 e. The van der Waals surface area contributed by atoms with Gasteiger partial charge in [0.1, 0.15) is 0 Å². The van der Waals surface area contributed by atoms with Gasteiger partial charge in [-0.05, 0) is 6.42 Å². The lowest BCUT2D eigenvalue weighted by molar-refractivity contribution is 0.0330. The second-order valence-corrected chi connectivity index (χ2v) is 6.01. The molecule has 0 spiro atoms. The van der Waals surface area contributed by atoms with Crippen LogP contribution < -0.4 is 4.90 Å². The van der Waals surface area contributed by atoms with Gasteiger partial charge in [-0.2, -0.15) is 0 Å². The number of morpholine rings is 1. The summed E-state index contributed by atoms with van der Waals surface area (Å²) in [5.74, 6) is 0.757. The number of piperazine rings is 1. The zero-order valence-corrected chi connectivity index (χ0v) is 13.5. The van der Waals surface area contributed by atoms with Crippen LogP contribution in [0.1, 0.15) is 19.2 Å². The van der Waals surface area contributed by atoms with Crippen molar-refractivity contribution in [2.45, 2.75) is 19.8 Å². The predicted octanol–water partition coefficient (Wildman–Crippen LogP) is 0.476. The highest BCUT2D eigenvalue weighted by Gasteiger charge is 2.21. The van der Waals surface area contributed by atoms with Crippen LogP contribution in [0, 0.1) is 0 Å². The summed E-state index contributed by atoms with van der Waals surface area (Å²) in [7, 11) is 0. The fraction of sp³-hybridized carbons (Fsp3) is 0.867. The lowest BCUT2D eigenvalue weighted by Crippen LogP contribution is -2.49. The van der Waals surface area contributed by atoms with E-state index in [-0.39, 0.29) is 0 Å². The molecule has 0 amide bonds. The van der Waals surface area contributed by atoms with Gasteiger partial charge in [0.15, 0.2) is 0 Å². The van der Waals surface area contributed by atoms with Crippen LogP contribution in [0.4, 0.5) is 6.01 Å². The molecule has 2 aliphatic heterocycles. The summed E-state index contributed by atoms with van der Waals surface area (Å²) in [6.07, 6.45) is 1.91. The number of nitrogens with zero attached hydrogens (tertiary/aromatic N) is 5. The first-order valence-electron chi connectivity index (χ1n) is 8.45. The maximum atomic E-state index is 5.72. The SMILES string of the molecule is CCCc1nnc(N2CCN(CCN3CCOCC3)CC2)o1. The van der Waals surface area contributed by atoms with Gasteiger partial charge in [-0.25, -0.2) is 0 Å². The number of anilines is 1. The van der Waals surface area contributed by atoms with E-state index in [4.69, 9.17) is 9.15 Å². The third kappa shape index (κ3) is 4.18. The van der Waals surface area contributed by atoms with E-state index >= 15 is 0 Å². The van der Waals surface area contributed by atoms with Crippen molar-refractivity contribution in [2.75, 3.05) is 70.5 Å². The van der Waals surface area contributed by atoms with Crippen LogP contribution >= 0.6 is 0 Å². The Morgan fingerprint density at radius 2 is 1.59 bits per heavy atom. The molecular weight excluding hydrogens is 282 g/mol. The Labute approximate surface area is 132 Å². The van der Waals surface area contributed by atoms with Crippen molar-refractivity contribution in [3.05, 3.63) is 5.89 Å². The highest BCUT2D eigenvalue weighted by Crippen LogP contribution is 2.15. The number of rotatable bonds is 6. The molecule has 0 saturated carbocycles. The van der Waals surface area contributed by atoms with Crippen molar-refractivity contribution in [1.82, 2.24) is 20.0 Å². The van der Waals surface area contributed by atoms with Gasteiger partial charge in [0.25, 0.3) is 0 Å². The fourth-order valence-corrected chi connectivity index (χ4v) is 2.96. The van der Waals surface area contributed by atoms with Crippen molar-refractivity contribution in [3.8, 4) is 0 Å². The fourth-order valence-electron chi connectivity index (χ4n) is 2.96. The molecule has 0 radical (unpaired) electrons. The molecule has 0 aliphatic carbocycles. The molecule has 0 bridgehead atoms. The van der Waals surface area contributed by atoms with E-state index in [9.17, 15) is 0 Å². The van der Waals surface area contributed by atoms with Crippen LogP contribution in [0.25, 0.3) is 0 Å². The molecule has 2 aliphatic rings. The number of hydrogen-bond acceptors (Lipinski definition) is 7. The van der Waals surface area contributed by atoms with E-state index in [1.807, 2.05) is 0 Å². The van der Waals surface area contributed by atoms with Gasteiger partial charge in [0.05, 0.1) is 13.2 Å². The second-order valence-electron chi connectivity index (χ2n) is 6.01. The number of aryl methyl sites for hydroxylation is 1. The molecule has 7 heteroatoms. The Balaban J connectivity index is 1.39. The van der Waals surface area contributed by atoms with Crippen molar-refractivity contribution in [2.24, 2.45) is 0 Å². The van der Waals surface area contributed by atoms with Crippen molar-refractivity contribution in [1.29, 1.82) is 0 Å². The Kier molecular flexibility index (Phi) is 5.64. The molecule has 0 aromatic carbocycles. The Morgan fingerprint density at radius 3 is 2.27 bits per heavy atom. The van der Waals surface area contributed by atoms with Gasteiger partial charge < -0.3 is 14.1 Å². The summed E-state index contributed by atoms with van der Waals surface area (Å²) in [5.41, 5.74) is 0. The van der Waals surface area contributed by atoms with Crippen LogP contribution in [0.15, 0.2) is 4.42 Å². The summed E-state index contributed by atoms with van der Waals surface area (Å²) >= 11 is 0. The summed E-state index contributed by atoms with van der Waals surface area (Å²) in [6, 6.07) is 0.691. The average molecular weight is 309 g/mol. The van der Waals surface area contributed by atoms with Gasteiger partial charge in [-0.1, -0.05) is 12.0 Å². The van der Waals surface area contributed by atoms with Crippen LogP contribution in [0.2, 0.25) is 0 Å². The lowest BCUT2D eigenvalue weighted by atomic mass is 10.3. The lowest BCUT2D eigenvalue weighted by Gasteiger charge is -2.35. The minimum atomic E-state index is 0.691. The van der Waals surface area contributed by atoms with E-state index in [1.165, 1.54) is 0 Å². The molecular formula is C15H27N5O2. The van der Waals surface area contributed by atoms with E-state index < -0.39 is 0 Å². The first kappa shape index (κ1) is 15.7. The molecule has 3 heterocycles. The van der Waals surface area contributed by atoms with Crippen LogP contribution in [-0.4, -0.2) is 85.6 Å². The molecule has 0 N–H and O–H groups in total. The van der Waals surface area contributed by atoms with Crippen LogP contribution in [0.3, 0.4) is 0 Å².